The van der Waals surface area contributed by atoms with Crippen LogP contribution in [0.25, 0.3) is 0 Å². The topological polar surface area (TPSA) is 61.0 Å². The van der Waals surface area contributed by atoms with Gasteiger partial charge in [0.2, 0.25) is 5.88 Å². The fraction of sp³-hybridized carbons (Fsp3) is 0.455. The van der Waals surface area contributed by atoms with Crippen LogP contribution in [0.3, 0.4) is 0 Å². The molecule has 5 nitrogen and oxygen atoms in total. The van der Waals surface area contributed by atoms with Crippen LogP contribution in [-0.2, 0) is 9.47 Å². The summed E-state index contributed by atoms with van der Waals surface area (Å²) in [6, 6.07) is 3.31. The van der Waals surface area contributed by atoms with Crippen LogP contribution in [0.2, 0.25) is 0 Å². The van der Waals surface area contributed by atoms with Crippen molar-refractivity contribution in [1.82, 2.24) is 4.98 Å². The highest BCUT2D eigenvalue weighted by Gasteiger charge is 2.24. The minimum Gasteiger partial charge on any atom is -0.474 e. The molecule has 1 aliphatic heterocycles. The van der Waals surface area contributed by atoms with Gasteiger partial charge < -0.3 is 14.2 Å². The summed E-state index contributed by atoms with van der Waals surface area (Å²) in [5.74, 6) is -0.112. The summed E-state index contributed by atoms with van der Waals surface area (Å²) in [5, 5.41) is 0. The molecule has 1 fully saturated rings. The van der Waals surface area contributed by atoms with Crippen LogP contribution in [0, 0.1) is 0 Å². The van der Waals surface area contributed by atoms with Gasteiger partial charge in [0.15, 0.2) is 0 Å². The third-order valence-electron chi connectivity index (χ3n) is 2.07. The van der Waals surface area contributed by atoms with Crippen molar-refractivity contribution < 1.29 is 19.0 Å². The van der Waals surface area contributed by atoms with Gasteiger partial charge in [-0.05, 0) is 19.1 Å². The number of hydrogen-bond acceptors (Lipinski definition) is 5. The molecular weight excluding hydrogens is 210 g/mol. The zero-order chi connectivity index (χ0) is 11.4. The molecular formula is C11H13NO4. The Morgan fingerprint density at radius 2 is 2.50 bits per heavy atom. The Labute approximate surface area is 93.3 Å². The Bertz CT molecular complexity index is 376. The zero-order valence-corrected chi connectivity index (χ0v) is 9.01. The van der Waals surface area contributed by atoms with Crippen molar-refractivity contribution in [2.24, 2.45) is 0 Å². The van der Waals surface area contributed by atoms with Crippen molar-refractivity contribution in [2.45, 2.75) is 13.0 Å². The van der Waals surface area contributed by atoms with Gasteiger partial charge >= 0.3 is 5.97 Å². The molecule has 86 valence electrons. The van der Waals surface area contributed by atoms with E-state index in [2.05, 4.69) is 4.98 Å². The van der Waals surface area contributed by atoms with Crippen molar-refractivity contribution in [3.05, 3.63) is 23.9 Å². The number of esters is 1. The van der Waals surface area contributed by atoms with E-state index in [1.165, 1.54) is 0 Å². The van der Waals surface area contributed by atoms with E-state index < -0.39 is 5.97 Å². The Kier molecular flexibility index (Phi) is 3.36. The van der Waals surface area contributed by atoms with Crippen LogP contribution in [0.5, 0.6) is 5.88 Å². The van der Waals surface area contributed by atoms with Gasteiger partial charge in [-0.25, -0.2) is 9.78 Å². The van der Waals surface area contributed by atoms with E-state index in [4.69, 9.17) is 14.2 Å². The lowest BCUT2D eigenvalue weighted by molar-refractivity contribution is 0.0520. The first-order valence-electron chi connectivity index (χ1n) is 5.17. The number of pyridine rings is 1. The Morgan fingerprint density at radius 3 is 3.19 bits per heavy atom. The highest BCUT2D eigenvalue weighted by Crippen LogP contribution is 2.18. The Balaban J connectivity index is 2.05. The summed E-state index contributed by atoms with van der Waals surface area (Å²) in [7, 11) is 0. The highest BCUT2D eigenvalue weighted by molar-refractivity contribution is 5.91. The van der Waals surface area contributed by atoms with Gasteiger partial charge in [0, 0.05) is 6.20 Å². The molecule has 0 N–H and O–H groups in total. The van der Waals surface area contributed by atoms with E-state index in [-0.39, 0.29) is 6.10 Å². The second-order valence-corrected chi connectivity index (χ2v) is 3.34. The third kappa shape index (κ3) is 2.70. The maximum Gasteiger partial charge on any atom is 0.343 e. The lowest BCUT2D eigenvalue weighted by atomic mass is 10.3. The van der Waals surface area contributed by atoms with Gasteiger partial charge in [0.05, 0.1) is 13.2 Å². The zero-order valence-electron chi connectivity index (χ0n) is 9.01. The van der Waals surface area contributed by atoms with Gasteiger partial charge in [-0.1, -0.05) is 0 Å². The van der Waals surface area contributed by atoms with Crippen LogP contribution < -0.4 is 4.74 Å². The predicted octanol–water partition coefficient (Wildman–Crippen LogP) is 1.04. The SMILES string of the molecule is CCOC(=O)c1cccnc1OCC1CO1. The van der Waals surface area contributed by atoms with Gasteiger partial charge in [-0.15, -0.1) is 0 Å². The number of carbonyl (C=O) groups is 1. The van der Waals surface area contributed by atoms with Crippen LogP contribution in [0.1, 0.15) is 17.3 Å². The Hall–Kier alpha value is -1.62. The van der Waals surface area contributed by atoms with E-state index in [0.29, 0.717) is 31.3 Å². The summed E-state index contributed by atoms with van der Waals surface area (Å²) >= 11 is 0. The van der Waals surface area contributed by atoms with Crippen molar-refractivity contribution in [1.29, 1.82) is 0 Å². The predicted molar refractivity (Wildman–Crippen MR) is 55.4 cm³/mol. The first kappa shape index (κ1) is 10.9. The fourth-order valence-corrected chi connectivity index (χ4v) is 1.21. The summed E-state index contributed by atoms with van der Waals surface area (Å²) in [4.78, 5) is 15.6. The summed E-state index contributed by atoms with van der Waals surface area (Å²) in [5.41, 5.74) is 0.352. The quantitative estimate of drug-likeness (QED) is 0.551. The summed E-state index contributed by atoms with van der Waals surface area (Å²) in [6.07, 6.45) is 1.71. The van der Waals surface area contributed by atoms with Gasteiger partial charge in [-0.3, -0.25) is 0 Å². The second kappa shape index (κ2) is 4.94. The van der Waals surface area contributed by atoms with E-state index in [1.807, 2.05) is 0 Å². The van der Waals surface area contributed by atoms with Crippen molar-refractivity contribution in [3.8, 4) is 5.88 Å². The molecule has 0 radical (unpaired) electrons. The number of carbonyl (C=O) groups excluding carboxylic acids is 1. The van der Waals surface area contributed by atoms with Crippen LogP contribution in [-0.4, -0.2) is 36.9 Å². The van der Waals surface area contributed by atoms with E-state index in [9.17, 15) is 4.79 Å². The van der Waals surface area contributed by atoms with Crippen LogP contribution in [0.4, 0.5) is 0 Å². The van der Waals surface area contributed by atoms with Crippen LogP contribution >= 0.6 is 0 Å². The molecule has 0 amide bonds. The van der Waals surface area contributed by atoms with Gasteiger partial charge in [0.1, 0.15) is 18.3 Å². The molecule has 1 aliphatic rings. The molecule has 16 heavy (non-hydrogen) atoms. The molecule has 1 aromatic rings. The smallest absolute Gasteiger partial charge is 0.343 e. The minimum atomic E-state index is -0.415. The molecule has 0 aromatic carbocycles. The molecule has 0 aliphatic carbocycles. The number of epoxide rings is 1. The van der Waals surface area contributed by atoms with E-state index in [1.54, 1.807) is 25.3 Å². The number of rotatable bonds is 5. The average Bonchev–Trinajstić information content (AvgIpc) is 3.11. The molecule has 1 atom stereocenters. The highest BCUT2D eigenvalue weighted by atomic mass is 16.6. The average molecular weight is 223 g/mol. The van der Waals surface area contributed by atoms with Gasteiger partial charge in [0.25, 0.3) is 0 Å². The molecule has 2 heterocycles. The van der Waals surface area contributed by atoms with Crippen molar-refractivity contribution >= 4 is 5.97 Å². The summed E-state index contributed by atoms with van der Waals surface area (Å²) < 4.78 is 15.3. The van der Waals surface area contributed by atoms with E-state index in [0.717, 1.165) is 0 Å². The maximum atomic E-state index is 11.6. The normalized spacial score (nSPS) is 17.9. The first-order valence-corrected chi connectivity index (χ1v) is 5.17. The number of nitrogens with zero attached hydrogens (tertiary/aromatic N) is 1. The van der Waals surface area contributed by atoms with E-state index >= 15 is 0 Å². The van der Waals surface area contributed by atoms with Crippen molar-refractivity contribution in [3.63, 3.8) is 0 Å². The molecule has 1 saturated heterocycles. The Morgan fingerprint density at radius 1 is 1.69 bits per heavy atom. The number of aromatic nitrogens is 1. The monoisotopic (exact) mass is 223 g/mol. The molecule has 0 bridgehead atoms. The van der Waals surface area contributed by atoms with Gasteiger partial charge in [-0.2, -0.15) is 0 Å². The molecule has 1 unspecified atom stereocenters. The molecule has 5 heteroatoms. The fourth-order valence-electron chi connectivity index (χ4n) is 1.21. The number of hydrogen-bond donors (Lipinski definition) is 0. The third-order valence-corrected chi connectivity index (χ3v) is 2.07. The van der Waals surface area contributed by atoms with Crippen LogP contribution in [0.15, 0.2) is 18.3 Å². The standard InChI is InChI=1S/C11H13NO4/c1-2-14-11(13)9-4-3-5-12-10(9)16-7-8-6-15-8/h3-5,8H,2,6-7H2,1H3. The number of ether oxygens (including phenoxy) is 3. The molecule has 2 rings (SSSR count). The minimum absolute atomic E-state index is 0.136. The lowest BCUT2D eigenvalue weighted by Crippen LogP contribution is -2.11. The summed E-state index contributed by atoms with van der Waals surface area (Å²) in [6.45, 7) is 3.22. The maximum absolute atomic E-state index is 11.6. The second-order valence-electron chi connectivity index (χ2n) is 3.34. The molecule has 0 saturated carbocycles. The molecule has 0 spiro atoms. The first-order chi connectivity index (χ1) is 7.81. The largest absolute Gasteiger partial charge is 0.474 e. The lowest BCUT2D eigenvalue weighted by Gasteiger charge is -2.07. The molecule has 1 aromatic heterocycles. The van der Waals surface area contributed by atoms with Crippen molar-refractivity contribution in [2.75, 3.05) is 19.8 Å².